The van der Waals surface area contributed by atoms with Gasteiger partial charge in [-0.15, -0.1) is 0 Å². The van der Waals surface area contributed by atoms with E-state index in [1.54, 1.807) is 11.1 Å². The molecule has 10 heteroatoms. The molecular formula is C20H22F3N5O2. The fourth-order valence-electron chi connectivity index (χ4n) is 4.97. The van der Waals surface area contributed by atoms with Crippen molar-refractivity contribution in [2.45, 2.75) is 57.1 Å². The van der Waals surface area contributed by atoms with Gasteiger partial charge in [0.25, 0.3) is 0 Å². The Bertz CT molecular complexity index is 974. The maximum Gasteiger partial charge on any atom is 0.227 e. The van der Waals surface area contributed by atoms with E-state index in [1.807, 2.05) is 9.58 Å². The topological polar surface area (TPSA) is 73.6 Å². The lowest BCUT2D eigenvalue weighted by Gasteiger charge is -2.41. The Morgan fingerprint density at radius 3 is 2.57 bits per heavy atom. The Morgan fingerprint density at radius 2 is 1.87 bits per heavy atom. The summed E-state index contributed by atoms with van der Waals surface area (Å²) in [6.45, 7) is 0.959. The van der Waals surface area contributed by atoms with Crippen molar-refractivity contribution in [2.24, 2.45) is 0 Å². The Morgan fingerprint density at radius 1 is 1.13 bits per heavy atom. The number of nitrogens with zero attached hydrogens (tertiary/aromatic N) is 4. The van der Waals surface area contributed by atoms with Crippen LogP contribution in [0.4, 0.5) is 24.5 Å². The van der Waals surface area contributed by atoms with E-state index in [0.29, 0.717) is 19.5 Å². The second-order valence-electron chi connectivity index (χ2n) is 8.08. The second-order valence-corrected chi connectivity index (χ2v) is 8.08. The number of anilines is 2. The van der Waals surface area contributed by atoms with Crippen LogP contribution >= 0.6 is 0 Å². The van der Waals surface area contributed by atoms with Crippen LogP contribution in [-0.2, 0) is 11.3 Å². The maximum absolute atomic E-state index is 13.6. The number of nitrogens with one attached hydrogen (secondary N) is 1. The highest BCUT2D eigenvalue weighted by atomic mass is 19.2. The van der Waals surface area contributed by atoms with Crippen molar-refractivity contribution in [2.75, 3.05) is 16.8 Å². The van der Waals surface area contributed by atoms with Crippen molar-refractivity contribution >= 4 is 17.3 Å². The zero-order valence-corrected chi connectivity index (χ0v) is 16.2. The third-order valence-electron chi connectivity index (χ3n) is 6.35. The first kappa shape index (κ1) is 19.4. The zero-order valence-electron chi connectivity index (χ0n) is 16.2. The molecule has 2 aliphatic heterocycles. The van der Waals surface area contributed by atoms with Crippen LogP contribution in [0, 0.1) is 17.5 Å². The van der Waals surface area contributed by atoms with E-state index in [2.05, 4.69) is 10.4 Å². The van der Waals surface area contributed by atoms with Crippen LogP contribution in [0.3, 0.4) is 0 Å². The lowest BCUT2D eigenvalue weighted by atomic mass is 10.1. The molecule has 160 valence electrons. The van der Waals surface area contributed by atoms with Gasteiger partial charge >= 0.3 is 0 Å². The van der Waals surface area contributed by atoms with E-state index < -0.39 is 23.8 Å². The lowest BCUT2D eigenvalue weighted by molar-refractivity contribution is -0.117. The summed E-state index contributed by atoms with van der Waals surface area (Å²) in [7, 11) is 0. The van der Waals surface area contributed by atoms with Crippen molar-refractivity contribution in [3.8, 4) is 0 Å². The normalized spacial score (nSPS) is 24.8. The molecule has 7 nitrogen and oxygen atoms in total. The quantitative estimate of drug-likeness (QED) is 0.587. The van der Waals surface area contributed by atoms with Crippen LogP contribution in [0.2, 0.25) is 0 Å². The zero-order chi connectivity index (χ0) is 21.0. The Balaban J connectivity index is 1.44. The Hall–Kier alpha value is -2.59. The Labute approximate surface area is 171 Å². The van der Waals surface area contributed by atoms with Gasteiger partial charge in [-0.05, 0) is 25.7 Å². The number of hydrogen-bond donors (Lipinski definition) is 2. The first-order chi connectivity index (χ1) is 14.4. The average Bonchev–Trinajstić information content (AvgIpc) is 3.43. The van der Waals surface area contributed by atoms with E-state index in [4.69, 9.17) is 0 Å². The van der Waals surface area contributed by atoms with Crippen molar-refractivity contribution in [3.05, 3.63) is 41.5 Å². The molecule has 0 bridgehead atoms. The lowest BCUT2D eigenvalue weighted by Crippen LogP contribution is -2.52. The highest BCUT2D eigenvalue weighted by molar-refractivity contribution is 5.95. The number of aliphatic hydroxyl groups is 1. The number of amides is 1. The molecular weight excluding hydrogens is 399 g/mol. The predicted molar refractivity (Wildman–Crippen MR) is 102 cm³/mol. The number of aliphatic hydroxyl groups excluding tert-OH is 1. The minimum Gasteiger partial charge on any atom is -0.361 e. The van der Waals surface area contributed by atoms with Crippen molar-refractivity contribution in [1.82, 2.24) is 14.7 Å². The van der Waals surface area contributed by atoms with E-state index >= 15 is 0 Å². The van der Waals surface area contributed by atoms with Gasteiger partial charge in [0.1, 0.15) is 0 Å². The molecule has 2 N–H and O–H groups in total. The summed E-state index contributed by atoms with van der Waals surface area (Å²) < 4.78 is 42.3. The SMILES string of the molecule is O=C1CCCN1c1cnn2c1CN(C(O)Nc1cc(F)c(F)c(F)c1)[C@H]1CCC[C@H]12. The molecule has 1 aliphatic carbocycles. The van der Waals surface area contributed by atoms with Gasteiger partial charge in [0.15, 0.2) is 23.8 Å². The molecule has 2 fully saturated rings. The van der Waals surface area contributed by atoms with Crippen LogP contribution < -0.4 is 10.2 Å². The standard InChI is InChI=1S/C20H22F3N5O2/c21-12-7-11(8-13(22)19(12)23)25-20(30)27-10-17-16(26-6-2-5-18(26)29)9-24-28(17)15-4-1-3-14(15)27/h7-9,14-15,20,25,30H,1-6,10H2/t14-,15+,20?/m0/s1. The molecule has 1 saturated carbocycles. The molecule has 2 aromatic rings. The second kappa shape index (κ2) is 7.28. The first-order valence-electron chi connectivity index (χ1n) is 10.2. The summed E-state index contributed by atoms with van der Waals surface area (Å²) in [5.74, 6) is -4.14. The van der Waals surface area contributed by atoms with Crippen molar-refractivity contribution in [3.63, 3.8) is 0 Å². The third kappa shape index (κ3) is 3.05. The number of carbonyl (C=O) groups excluding carboxylic acids is 1. The number of rotatable bonds is 4. The van der Waals surface area contributed by atoms with Gasteiger partial charge in [0, 0.05) is 43.4 Å². The number of carbonyl (C=O) groups is 1. The van der Waals surface area contributed by atoms with Crippen LogP contribution in [0.5, 0.6) is 0 Å². The molecule has 3 atom stereocenters. The summed E-state index contributed by atoms with van der Waals surface area (Å²) in [5, 5.41) is 18.1. The minimum absolute atomic E-state index is 0.0165. The molecule has 1 aromatic heterocycles. The van der Waals surface area contributed by atoms with Gasteiger partial charge in [0.05, 0.1) is 23.6 Å². The minimum atomic E-state index is -1.55. The molecule has 1 aromatic carbocycles. The first-order valence-corrected chi connectivity index (χ1v) is 10.2. The average molecular weight is 421 g/mol. The van der Waals surface area contributed by atoms with E-state index in [-0.39, 0.29) is 23.7 Å². The van der Waals surface area contributed by atoms with Gasteiger partial charge in [-0.2, -0.15) is 5.10 Å². The maximum atomic E-state index is 13.6. The number of benzene rings is 1. The molecule has 0 radical (unpaired) electrons. The molecule has 1 unspecified atom stereocenters. The predicted octanol–water partition coefficient (Wildman–Crippen LogP) is 2.72. The molecule has 3 aliphatic rings. The smallest absolute Gasteiger partial charge is 0.227 e. The van der Waals surface area contributed by atoms with Crippen LogP contribution in [0.25, 0.3) is 0 Å². The number of hydrogen-bond acceptors (Lipinski definition) is 5. The van der Waals surface area contributed by atoms with Gasteiger partial charge in [-0.1, -0.05) is 0 Å². The summed E-state index contributed by atoms with van der Waals surface area (Å²) >= 11 is 0. The summed E-state index contributed by atoms with van der Waals surface area (Å²) in [6.07, 6.45) is 4.45. The summed E-state index contributed by atoms with van der Waals surface area (Å²) in [5.41, 5.74) is 1.53. The summed E-state index contributed by atoms with van der Waals surface area (Å²) in [4.78, 5) is 15.8. The van der Waals surface area contributed by atoms with Crippen LogP contribution in [0.15, 0.2) is 18.3 Å². The molecule has 0 spiro atoms. The summed E-state index contributed by atoms with van der Waals surface area (Å²) in [6, 6.07) is 1.66. The van der Waals surface area contributed by atoms with Crippen LogP contribution in [-0.4, -0.2) is 44.6 Å². The van der Waals surface area contributed by atoms with Gasteiger partial charge in [0.2, 0.25) is 5.91 Å². The number of halogens is 3. The van der Waals surface area contributed by atoms with Gasteiger partial charge in [-0.25, -0.2) is 18.1 Å². The van der Waals surface area contributed by atoms with Crippen molar-refractivity contribution in [1.29, 1.82) is 0 Å². The Kier molecular flexibility index (Phi) is 4.70. The van der Waals surface area contributed by atoms with Crippen molar-refractivity contribution < 1.29 is 23.1 Å². The van der Waals surface area contributed by atoms with Gasteiger partial charge in [-0.3, -0.25) is 9.48 Å². The monoisotopic (exact) mass is 421 g/mol. The largest absolute Gasteiger partial charge is 0.361 e. The highest BCUT2D eigenvalue weighted by Crippen LogP contribution is 2.42. The third-order valence-corrected chi connectivity index (χ3v) is 6.35. The molecule has 1 amide bonds. The van der Waals surface area contributed by atoms with Gasteiger partial charge < -0.3 is 15.3 Å². The fourth-order valence-corrected chi connectivity index (χ4v) is 4.97. The highest BCUT2D eigenvalue weighted by Gasteiger charge is 2.43. The molecule has 30 heavy (non-hydrogen) atoms. The van der Waals surface area contributed by atoms with E-state index in [1.165, 1.54) is 0 Å². The van der Waals surface area contributed by atoms with E-state index in [9.17, 15) is 23.1 Å². The van der Waals surface area contributed by atoms with E-state index in [0.717, 1.165) is 49.2 Å². The number of aromatic nitrogens is 2. The molecule has 3 heterocycles. The fraction of sp³-hybridized carbons (Fsp3) is 0.500. The number of fused-ring (bicyclic) bond motifs is 3. The molecule has 5 rings (SSSR count). The van der Waals surface area contributed by atoms with Crippen LogP contribution in [0.1, 0.15) is 43.8 Å². The molecule has 1 saturated heterocycles.